The van der Waals surface area contributed by atoms with Crippen LogP contribution in [0.15, 0.2) is 24.3 Å². The molecule has 0 aromatic heterocycles. The van der Waals surface area contributed by atoms with Crippen LogP contribution in [0.5, 0.6) is 5.75 Å². The standard InChI is InChI=1S/C16H25NO2/c1-13(12-18-2)19-16-9-7-14(8-10-16)11-17-15-5-3-4-6-15/h7-10,13,15,17H,3-6,11-12H2,1-2H3. The Balaban J connectivity index is 1.77. The predicted octanol–water partition coefficient (Wildman–Crippen LogP) is 3.13. The van der Waals surface area contributed by atoms with E-state index >= 15 is 0 Å². The summed E-state index contributed by atoms with van der Waals surface area (Å²) in [5.41, 5.74) is 1.32. The highest BCUT2D eigenvalue weighted by Crippen LogP contribution is 2.19. The Bertz CT molecular complexity index is 358. The summed E-state index contributed by atoms with van der Waals surface area (Å²) in [6.07, 6.45) is 5.50. The second-order valence-electron chi connectivity index (χ2n) is 5.39. The highest BCUT2D eigenvalue weighted by molar-refractivity contribution is 5.27. The summed E-state index contributed by atoms with van der Waals surface area (Å²) in [4.78, 5) is 0. The molecular weight excluding hydrogens is 238 g/mol. The van der Waals surface area contributed by atoms with E-state index in [0.29, 0.717) is 6.61 Å². The topological polar surface area (TPSA) is 30.5 Å². The molecule has 0 heterocycles. The van der Waals surface area contributed by atoms with Gasteiger partial charge in [0.25, 0.3) is 0 Å². The number of nitrogens with one attached hydrogen (secondary N) is 1. The summed E-state index contributed by atoms with van der Waals surface area (Å²) in [6.45, 7) is 3.59. The average molecular weight is 263 g/mol. The molecule has 0 amide bonds. The first-order valence-corrected chi connectivity index (χ1v) is 7.26. The summed E-state index contributed by atoms with van der Waals surface area (Å²) >= 11 is 0. The smallest absolute Gasteiger partial charge is 0.119 e. The number of hydrogen-bond acceptors (Lipinski definition) is 3. The van der Waals surface area contributed by atoms with E-state index < -0.39 is 0 Å². The fourth-order valence-electron chi connectivity index (χ4n) is 2.58. The molecule has 0 saturated heterocycles. The Kier molecular flexibility index (Phi) is 5.67. The van der Waals surface area contributed by atoms with Crippen molar-refractivity contribution in [2.75, 3.05) is 13.7 Å². The van der Waals surface area contributed by atoms with Crippen LogP contribution in [0.3, 0.4) is 0 Å². The van der Waals surface area contributed by atoms with Gasteiger partial charge in [0.15, 0.2) is 0 Å². The maximum Gasteiger partial charge on any atom is 0.119 e. The fraction of sp³-hybridized carbons (Fsp3) is 0.625. The molecular formula is C16H25NO2. The van der Waals surface area contributed by atoms with Gasteiger partial charge < -0.3 is 14.8 Å². The number of methoxy groups -OCH3 is 1. The summed E-state index contributed by atoms with van der Waals surface area (Å²) in [6, 6.07) is 9.07. The van der Waals surface area contributed by atoms with E-state index in [1.165, 1.54) is 31.2 Å². The van der Waals surface area contributed by atoms with E-state index in [0.717, 1.165) is 18.3 Å². The zero-order chi connectivity index (χ0) is 13.5. The lowest BCUT2D eigenvalue weighted by Crippen LogP contribution is -2.25. The van der Waals surface area contributed by atoms with Gasteiger partial charge in [0, 0.05) is 19.7 Å². The molecule has 0 spiro atoms. The summed E-state index contributed by atoms with van der Waals surface area (Å²) < 4.78 is 10.8. The lowest BCUT2D eigenvalue weighted by atomic mass is 10.2. The Labute approximate surface area is 116 Å². The minimum atomic E-state index is 0.0902. The van der Waals surface area contributed by atoms with E-state index in [4.69, 9.17) is 9.47 Å². The monoisotopic (exact) mass is 263 g/mol. The Hall–Kier alpha value is -1.06. The Morgan fingerprint density at radius 3 is 2.53 bits per heavy atom. The summed E-state index contributed by atoms with van der Waals surface area (Å²) in [5.74, 6) is 0.911. The number of ether oxygens (including phenoxy) is 2. The number of benzene rings is 1. The van der Waals surface area contributed by atoms with Crippen molar-refractivity contribution in [1.29, 1.82) is 0 Å². The molecule has 1 saturated carbocycles. The van der Waals surface area contributed by atoms with Crippen molar-refractivity contribution in [2.45, 2.75) is 51.3 Å². The van der Waals surface area contributed by atoms with Crippen molar-refractivity contribution in [3.05, 3.63) is 29.8 Å². The third kappa shape index (κ3) is 4.84. The predicted molar refractivity (Wildman–Crippen MR) is 77.5 cm³/mol. The van der Waals surface area contributed by atoms with E-state index in [2.05, 4.69) is 17.4 Å². The first-order valence-electron chi connectivity index (χ1n) is 7.26. The van der Waals surface area contributed by atoms with Crippen LogP contribution < -0.4 is 10.1 Å². The van der Waals surface area contributed by atoms with Crippen molar-refractivity contribution in [3.8, 4) is 5.75 Å². The average Bonchev–Trinajstić information content (AvgIpc) is 2.91. The molecule has 106 valence electrons. The lowest BCUT2D eigenvalue weighted by molar-refractivity contribution is 0.0921. The molecule has 1 aromatic rings. The van der Waals surface area contributed by atoms with Gasteiger partial charge in [0.2, 0.25) is 0 Å². The van der Waals surface area contributed by atoms with Gasteiger partial charge in [0.1, 0.15) is 11.9 Å². The van der Waals surface area contributed by atoms with Crippen LogP contribution in [0, 0.1) is 0 Å². The van der Waals surface area contributed by atoms with Gasteiger partial charge in [0.05, 0.1) is 6.61 Å². The van der Waals surface area contributed by atoms with Crippen molar-refractivity contribution in [3.63, 3.8) is 0 Å². The SMILES string of the molecule is COCC(C)Oc1ccc(CNC2CCCC2)cc1. The molecule has 1 aliphatic carbocycles. The zero-order valence-electron chi connectivity index (χ0n) is 12.0. The van der Waals surface area contributed by atoms with Crippen LogP contribution in [-0.2, 0) is 11.3 Å². The zero-order valence-corrected chi connectivity index (χ0v) is 12.0. The number of rotatable bonds is 7. The van der Waals surface area contributed by atoms with Crippen LogP contribution in [0.1, 0.15) is 38.2 Å². The minimum Gasteiger partial charge on any atom is -0.488 e. The second kappa shape index (κ2) is 7.51. The van der Waals surface area contributed by atoms with Crippen LogP contribution in [0.2, 0.25) is 0 Å². The van der Waals surface area contributed by atoms with Gasteiger partial charge in [-0.1, -0.05) is 25.0 Å². The molecule has 3 nitrogen and oxygen atoms in total. The molecule has 1 atom stereocenters. The van der Waals surface area contributed by atoms with Crippen molar-refractivity contribution in [2.24, 2.45) is 0 Å². The third-order valence-electron chi connectivity index (χ3n) is 3.61. The van der Waals surface area contributed by atoms with Gasteiger partial charge in [-0.15, -0.1) is 0 Å². The molecule has 0 radical (unpaired) electrons. The van der Waals surface area contributed by atoms with E-state index in [1.807, 2.05) is 19.1 Å². The molecule has 19 heavy (non-hydrogen) atoms. The Morgan fingerprint density at radius 2 is 1.89 bits per heavy atom. The van der Waals surface area contributed by atoms with Gasteiger partial charge in [-0.2, -0.15) is 0 Å². The summed E-state index contributed by atoms with van der Waals surface area (Å²) in [7, 11) is 1.69. The quantitative estimate of drug-likeness (QED) is 0.820. The minimum absolute atomic E-state index is 0.0902. The van der Waals surface area contributed by atoms with E-state index in [9.17, 15) is 0 Å². The second-order valence-corrected chi connectivity index (χ2v) is 5.39. The highest BCUT2D eigenvalue weighted by Gasteiger charge is 2.13. The van der Waals surface area contributed by atoms with Gasteiger partial charge in [-0.3, -0.25) is 0 Å². The highest BCUT2D eigenvalue weighted by atomic mass is 16.5. The van der Waals surface area contributed by atoms with Gasteiger partial charge in [-0.25, -0.2) is 0 Å². The molecule has 1 fully saturated rings. The van der Waals surface area contributed by atoms with Crippen LogP contribution >= 0.6 is 0 Å². The molecule has 0 bridgehead atoms. The number of hydrogen-bond donors (Lipinski definition) is 1. The molecule has 1 aliphatic rings. The van der Waals surface area contributed by atoms with Gasteiger partial charge >= 0.3 is 0 Å². The van der Waals surface area contributed by atoms with Crippen LogP contribution in [0.4, 0.5) is 0 Å². The lowest BCUT2D eigenvalue weighted by Gasteiger charge is -2.15. The Morgan fingerprint density at radius 1 is 1.21 bits per heavy atom. The van der Waals surface area contributed by atoms with Crippen molar-refractivity contribution < 1.29 is 9.47 Å². The maximum absolute atomic E-state index is 5.74. The molecule has 1 unspecified atom stereocenters. The first-order chi connectivity index (χ1) is 9.28. The normalized spacial score (nSPS) is 17.6. The third-order valence-corrected chi connectivity index (χ3v) is 3.61. The maximum atomic E-state index is 5.74. The van der Waals surface area contributed by atoms with Crippen molar-refractivity contribution in [1.82, 2.24) is 5.32 Å². The van der Waals surface area contributed by atoms with Gasteiger partial charge in [-0.05, 0) is 37.5 Å². The summed E-state index contributed by atoms with van der Waals surface area (Å²) in [5, 5.41) is 3.62. The van der Waals surface area contributed by atoms with Crippen LogP contribution in [0.25, 0.3) is 0 Å². The molecule has 1 aromatic carbocycles. The fourth-order valence-corrected chi connectivity index (χ4v) is 2.58. The van der Waals surface area contributed by atoms with Crippen LogP contribution in [-0.4, -0.2) is 25.9 Å². The molecule has 0 aliphatic heterocycles. The van der Waals surface area contributed by atoms with E-state index in [-0.39, 0.29) is 6.10 Å². The molecule has 2 rings (SSSR count). The largest absolute Gasteiger partial charge is 0.488 e. The van der Waals surface area contributed by atoms with Crippen molar-refractivity contribution >= 4 is 0 Å². The van der Waals surface area contributed by atoms with E-state index in [1.54, 1.807) is 7.11 Å². The first kappa shape index (κ1) is 14.4. The molecule has 3 heteroatoms. The molecule has 1 N–H and O–H groups in total.